The number of para-hydroxylation sites is 1. The van der Waals surface area contributed by atoms with E-state index in [1.54, 1.807) is 27.8 Å². The van der Waals surface area contributed by atoms with Crippen molar-refractivity contribution in [2.75, 3.05) is 96.4 Å². The van der Waals surface area contributed by atoms with Gasteiger partial charge >= 0.3 is 16.1 Å². The lowest BCUT2D eigenvalue weighted by Crippen LogP contribution is -2.52. The van der Waals surface area contributed by atoms with E-state index in [4.69, 9.17) is 28.4 Å². The Kier molecular flexibility index (Phi) is 21.8. The summed E-state index contributed by atoms with van der Waals surface area (Å²) in [4.78, 5) is 98.1. The number of nitrogens with one attached hydrogen (secondary N) is 4. The van der Waals surface area contributed by atoms with Gasteiger partial charge in [-0.3, -0.25) is 43.1 Å². The molecule has 0 saturated carbocycles. The molecule has 77 heavy (non-hydrogen) atoms. The molecule has 1 saturated heterocycles. The number of carbonyl (C=O) groups excluding carboxylic acids is 6. The number of fused-ring (bicyclic) bond motifs is 6. The molecule has 6 amide bonds. The van der Waals surface area contributed by atoms with Crippen molar-refractivity contribution >= 4 is 62.9 Å². The Hall–Kier alpha value is -6.41. The van der Waals surface area contributed by atoms with Crippen LogP contribution >= 0.6 is 16.1 Å². The van der Waals surface area contributed by atoms with Crippen LogP contribution in [0, 0.1) is 0 Å². The predicted octanol–water partition coefficient (Wildman–Crippen LogP) is 2.60. The molecule has 6 N–H and O–H groups in total. The number of rotatable bonds is 31. The van der Waals surface area contributed by atoms with Crippen LogP contribution in [0.25, 0.3) is 22.5 Å². The SMILES string of the molecule is COP(=O)(O)OC(COCCCNC(=O)CCC(=O)N1Cc2ccccc2-c2c(nnn2CCOCCOCCOCCNC(=O)CNc2cccc3c2CN(C2CCC(=O)NC2=O)C3=O)-c2ccccc21)CO[P+](=O)O. The third kappa shape index (κ3) is 16.6. The van der Waals surface area contributed by atoms with Crippen molar-refractivity contribution < 1.29 is 80.2 Å². The molecule has 3 aliphatic heterocycles. The van der Waals surface area contributed by atoms with Crippen LogP contribution in [-0.2, 0) is 85.3 Å². The van der Waals surface area contributed by atoms with E-state index in [1.165, 1.54) is 4.90 Å². The first-order chi connectivity index (χ1) is 37.2. The standard InChI is InChI=1S/C49H61N9O17P2/c1-69-77(67,68)75-34(32-74-76(65)66)31-73-21-7-18-50-42(59)16-17-45(62)56-29-33-8-2-3-9-35(33)47-46(37-10-4-5-13-40(37)56)54-55-58(47)20-23-71-25-27-72-26-24-70-22-19-51-44(61)28-52-39-12-6-11-36-38(39)30-57(49(36)64)41-14-15-43(60)53-48(41)63/h2-6,8-13,34,41,52H,7,14-32H2,1H3,(H4-,50,51,53,59,60,61,63,65,66,67,68)/p+1. The van der Waals surface area contributed by atoms with E-state index in [-0.39, 0.29) is 108 Å². The average molecular weight is 1110 g/mol. The van der Waals surface area contributed by atoms with Crippen LogP contribution in [-0.4, -0.2) is 163 Å². The molecular weight excluding hydrogens is 1050 g/mol. The van der Waals surface area contributed by atoms with Gasteiger partial charge in [0, 0.05) is 85.1 Å². The minimum atomic E-state index is -4.42. The minimum Gasteiger partial charge on any atom is -0.379 e. The van der Waals surface area contributed by atoms with Crippen LogP contribution < -0.4 is 26.2 Å². The maximum atomic E-state index is 14.0. The Balaban J connectivity index is 0.785. The van der Waals surface area contributed by atoms with Crippen molar-refractivity contribution in [1.29, 1.82) is 0 Å². The van der Waals surface area contributed by atoms with Gasteiger partial charge < -0.3 is 49.6 Å². The molecule has 3 aromatic carbocycles. The van der Waals surface area contributed by atoms with E-state index in [2.05, 4.69) is 40.6 Å². The van der Waals surface area contributed by atoms with Gasteiger partial charge in [0.25, 0.3) is 5.91 Å². The number of hydrogen-bond donors (Lipinski definition) is 6. The lowest BCUT2D eigenvalue weighted by atomic mass is 9.95. The Morgan fingerprint density at radius 3 is 2.31 bits per heavy atom. The fourth-order valence-corrected chi connectivity index (χ4v) is 9.57. The summed E-state index contributed by atoms with van der Waals surface area (Å²) in [6, 6.07) is 19.5. The first kappa shape index (κ1) is 58.3. The highest BCUT2D eigenvalue weighted by atomic mass is 31.2. The summed E-state index contributed by atoms with van der Waals surface area (Å²) in [5.41, 5.74) is 6.10. The number of ether oxygens (including phenoxy) is 4. The zero-order chi connectivity index (χ0) is 54.7. The fraction of sp³-hybridized carbons (Fsp3) is 0.469. The molecule has 414 valence electrons. The lowest BCUT2D eigenvalue weighted by Gasteiger charge is -2.29. The quantitative estimate of drug-likeness (QED) is 0.0240. The molecule has 4 heterocycles. The third-order valence-electron chi connectivity index (χ3n) is 12.4. The molecule has 1 fully saturated rings. The molecule has 7 rings (SSSR count). The average Bonchev–Trinajstić information content (AvgIpc) is 4.10. The highest BCUT2D eigenvalue weighted by Crippen LogP contribution is 2.44. The van der Waals surface area contributed by atoms with E-state index < -0.39 is 40.7 Å². The summed E-state index contributed by atoms with van der Waals surface area (Å²) in [5.74, 6) is -2.03. The fourth-order valence-electron chi connectivity index (χ4n) is 8.69. The molecular formula is C49H62N9O17P2+. The predicted molar refractivity (Wildman–Crippen MR) is 274 cm³/mol. The lowest BCUT2D eigenvalue weighted by molar-refractivity contribution is -0.137. The number of benzene rings is 3. The minimum absolute atomic E-state index is 0.0409. The highest BCUT2D eigenvalue weighted by Gasteiger charge is 2.40. The number of hydrogen-bond acceptors (Lipinski definition) is 18. The summed E-state index contributed by atoms with van der Waals surface area (Å²) < 4.78 is 61.0. The summed E-state index contributed by atoms with van der Waals surface area (Å²) in [6.45, 7) is 2.39. The van der Waals surface area contributed by atoms with Gasteiger partial charge in [0.2, 0.25) is 29.5 Å². The molecule has 0 bridgehead atoms. The topological polar surface area (TPSA) is 327 Å². The summed E-state index contributed by atoms with van der Waals surface area (Å²) in [5, 5.41) is 20.0. The number of piperidine rings is 1. The van der Waals surface area contributed by atoms with Crippen LogP contribution in [0.2, 0.25) is 0 Å². The number of anilines is 2. The van der Waals surface area contributed by atoms with Gasteiger partial charge in [0.05, 0.1) is 77.3 Å². The van der Waals surface area contributed by atoms with Crippen molar-refractivity contribution in [3.8, 4) is 22.5 Å². The van der Waals surface area contributed by atoms with Crippen molar-refractivity contribution in [1.82, 2.24) is 35.8 Å². The van der Waals surface area contributed by atoms with Crippen LogP contribution in [0.5, 0.6) is 0 Å². The van der Waals surface area contributed by atoms with Crippen molar-refractivity contribution in [2.24, 2.45) is 0 Å². The second-order valence-corrected chi connectivity index (χ2v) is 19.9. The zero-order valence-corrected chi connectivity index (χ0v) is 44.1. The molecule has 3 aliphatic rings. The molecule has 0 spiro atoms. The third-order valence-corrected chi connectivity index (χ3v) is 13.8. The van der Waals surface area contributed by atoms with Gasteiger partial charge in [0.15, 0.2) is 0 Å². The second-order valence-electron chi connectivity index (χ2n) is 17.6. The number of amides is 6. The van der Waals surface area contributed by atoms with Gasteiger partial charge in [-0.2, -0.15) is 0 Å². The molecule has 4 aromatic rings. The number of imide groups is 1. The summed E-state index contributed by atoms with van der Waals surface area (Å²) in [6.07, 6.45) is -0.579. The zero-order valence-electron chi connectivity index (χ0n) is 42.3. The van der Waals surface area contributed by atoms with E-state index in [0.717, 1.165) is 23.9 Å². The molecule has 4 atom stereocenters. The Labute approximate surface area is 443 Å². The van der Waals surface area contributed by atoms with E-state index in [1.807, 2.05) is 48.5 Å². The van der Waals surface area contributed by atoms with Crippen molar-refractivity contribution in [3.63, 3.8) is 0 Å². The molecule has 0 radical (unpaired) electrons. The first-order valence-corrected chi connectivity index (χ1v) is 27.5. The van der Waals surface area contributed by atoms with Crippen molar-refractivity contribution in [2.45, 2.75) is 63.9 Å². The van der Waals surface area contributed by atoms with E-state index >= 15 is 0 Å². The van der Waals surface area contributed by atoms with Crippen molar-refractivity contribution in [3.05, 3.63) is 83.4 Å². The number of carbonyl (C=O) groups is 6. The van der Waals surface area contributed by atoms with Gasteiger partial charge in [-0.15, -0.1) is 14.5 Å². The smallest absolute Gasteiger partial charge is 0.379 e. The van der Waals surface area contributed by atoms with Gasteiger partial charge in [-0.05, 0) is 36.6 Å². The maximum absolute atomic E-state index is 14.0. The monoisotopic (exact) mass is 1110 g/mol. The highest BCUT2D eigenvalue weighted by molar-refractivity contribution is 7.47. The second kappa shape index (κ2) is 28.8. The summed E-state index contributed by atoms with van der Waals surface area (Å²) >= 11 is 0. The van der Waals surface area contributed by atoms with Gasteiger partial charge in [0.1, 0.15) is 24.4 Å². The number of phosphoric acid groups is 1. The number of nitrogens with zero attached hydrogens (tertiary/aromatic N) is 5. The van der Waals surface area contributed by atoms with Gasteiger partial charge in [-0.25, -0.2) is 9.25 Å². The normalized spacial score (nSPS) is 16.2. The molecule has 0 aliphatic carbocycles. The van der Waals surface area contributed by atoms with E-state index in [9.17, 15) is 42.8 Å². The molecule has 28 heteroatoms. The largest absolute Gasteiger partial charge is 0.694 e. The van der Waals surface area contributed by atoms with Gasteiger partial charge in [-0.1, -0.05) is 53.7 Å². The Bertz CT molecular complexity index is 2800. The molecule has 1 aromatic heterocycles. The van der Waals surface area contributed by atoms with Crippen LogP contribution in [0.3, 0.4) is 0 Å². The maximum Gasteiger partial charge on any atom is 0.694 e. The number of phosphoric ester groups is 1. The van der Waals surface area contributed by atoms with Crippen LogP contribution in [0.1, 0.15) is 53.6 Å². The Morgan fingerprint density at radius 2 is 1.55 bits per heavy atom. The van der Waals surface area contributed by atoms with E-state index in [0.29, 0.717) is 79.8 Å². The van der Waals surface area contributed by atoms with Crippen LogP contribution in [0.15, 0.2) is 66.7 Å². The van der Waals surface area contributed by atoms with Crippen LogP contribution in [0.4, 0.5) is 11.4 Å². The summed E-state index contributed by atoms with van der Waals surface area (Å²) in [7, 11) is -6.44. The molecule has 4 unspecified atom stereocenters. The number of aromatic nitrogens is 3. The molecule has 26 nitrogen and oxygen atoms in total. The first-order valence-electron chi connectivity index (χ1n) is 24.8. The Morgan fingerprint density at radius 1 is 0.831 bits per heavy atom.